The maximum Gasteiger partial charge on any atom is 0.307 e. The Hall–Kier alpha value is -1.12. The van der Waals surface area contributed by atoms with Crippen LogP contribution in [0.1, 0.15) is 41.5 Å². The molecule has 0 radical (unpaired) electrons. The first-order chi connectivity index (χ1) is 5.95. The van der Waals surface area contributed by atoms with Crippen LogP contribution in [0.2, 0.25) is 0 Å². The maximum atomic E-state index is 10.7. The van der Waals surface area contributed by atoms with E-state index in [2.05, 4.69) is 0 Å². The lowest BCUT2D eigenvalue weighted by Crippen LogP contribution is -2.02. The third-order valence-electron chi connectivity index (χ3n) is 1.35. The first-order valence-electron chi connectivity index (χ1n) is 4.32. The van der Waals surface area contributed by atoms with Gasteiger partial charge in [0, 0.05) is 12.5 Å². The molecule has 0 aromatic carbocycles. The molecule has 3 heteroatoms. The van der Waals surface area contributed by atoms with Gasteiger partial charge in [0.2, 0.25) is 0 Å². The summed E-state index contributed by atoms with van der Waals surface area (Å²) in [7, 11) is 0. The van der Waals surface area contributed by atoms with E-state index >= 15 is 0 Å². The van der Waals surface area contributed by atoms with E-state index in [9.17, 15) is 9.59 Å². The molecular weight excluding hydrogens is 168 g/mol. The molecule has 13 heavy (non-hydrogen) atoms. The summed E-state index contributed by atoms with van der Waals surface area (Å²) < 4.78 is 4.69. The van der Waals surface area contributed by atoms with E-state index in [4.69, 9.17) is 4.74 Å². The molecule has 0 fully saturated rings. The second kappa shape index (κ2) is 7.53. The van der Waals surface area contributed by atoms with Crippen molar-refractivity contribution in [1.29, 1.82) is 0 Å². The highest BCUT2D eigenvalue weighted by atomic mass is 16.5. The van der Waals surface area contributed by atoms with Gasteiger partial charge in [0.15, 0.2) is 5.78 Å². The van der Waals surface area contributed by atoms with E-state index in [1.54, 1.807) is 13.8 Å². The molecule has 0 aliphatic heterocycles. The standard InChI is InChI=1S/C8H12O3.C2H6/c1-5(6(2)9)7(3)11-8(4)10;1-2/h1-4H3;1-2H3/b7-5-;. The van der Waals surface area contributed by atoms with Gasteiger partial charge in [-0.05, 0) is 20.8 Å². The lowest BCUT2D eigenvalue weighted by atomic mass is 10.2. The fourth-order valence-electron chi connectivity index (χ4n) is 0.540. The van der Waals surface area contributed by atoms with Crippen molar-refractivity contribution in [3.05, 3.63) is 11.3 Å². The molecule has 0 heterocycles. The fourth-order valence-corrected chi connectivity index (χ4v) is 0.540. The Morgan fingerprint density at radius 1 is 0.923 bits per heavy atom. The summed E-state index contributed by atoms with van der Waals surface area (Å²) in [5, 5.41) is 0. The summed E-state index contributed by atoms with van der Waals surface area (Å²) in [5.74, 6) is -0.100. The summed E-state index contributed by atoms with van der Waals surface area (Å²) in [6.07, 6.45) is 0. The quantitative estimate of drug-likeness (QED) is 0.378. The van der Waals surface area contributed by atoms with Gasteiger partial charge in [0.25, 0.3) is 0 Å². The number of ether oxygens (including phenoxy) is 1. The molecule has 0 aromatic rings. The van der Waals surface area contributed by atoms with Crippen molar-refractivity contribution in [2.45, 2.75) is 41.5 Å². The highest BCUT2D eigenvalue weighted by Crippen LogP contribution is 2.05. The zero-order valence-corrected chi connectivity index (χ0v) is 9.22. The van der Waals surface area contributed by atoms with Gasteiger partial charge in [-0.2, -0.15) is 0 Å². The van der Waals surface area contributed by atoms with E-state index in [0.29, 0.717) is 11.3 Å². The number of esters is 1. The zero-order valence-electron chi connectivity index (χ0n) is 9.22. The topological polar surface area (TPSA) is 43.4 Å². The Morgan fingerprint density at radius 3 is 1.54 bits per heavy atom. The van der Waals surface area contributed by atoms with Crippen LogP contribution < -0.4 is 0 Å². The third kappa shape index (κ3) is 7.25. The fraction of sp³-hybridized carbons (Fsp3) is 0.600. The molecular formula is C10H18O3. The van der Waals surface area contributed by atoms with Gasteiger partial charge in [-0.25, -0.2) is 0 Å². The van der Waals surface area contributed by atoms with Gasteiger partial charge >= 0.3 is 5.97 Å². The van der Waals surface area contributed by atoms with Crippen LogP contribution in [0.4, 0.5) is 0 Å². The summed E-state index contributed by atoms with van der Waals surface area (Å²) in [6.45, 7) is 9.96. The number of carbonyl (C=O) groups is 2. The summed E-state index contributed by atoms with van der Waals surface area (Å²) in [5.41, 5.74) is 0.486. The molecule has 0 saturated carbocycles. The molecule has 3 nitrogen and oxygen atoms in total. The Balaban J connectivity index is 0. The van der Waals surface area contributed by atoms with Crippen LogP contribution in [0, 0.1) is 0 Å². The first kappa shape index (κ1) is 14.4. The number of hydrogen-bond donors (Lipinski definition) is 0. The lowest BCUT2D eigenvalue weighted by Gasteiger charge is -2.02. The number of rotatable bonds is 2. The minimum absolute atomic E-state index is 0.0799. The van der Waals surface area contributed by atoms with Crippen molar-refractivity contribution in [2.24, 2.45) is 0 Å². The SMILES string of the molecule is CC.CC(=O)O/C(C)=C(/C)C(C)=O. The lowest BCUT2D eigenvalue weighted by molar-refractivity contribution is -0.136. The highest BCUT2D eigenvalue weighted by molar-refractivity contribution is 5.93. The molecule has 0 saturated heterocycles. The Morgan fingerprint density at radius 2 is 1.31 bits per heavy atom. The molecule has 0 rings (SSSR count). The molecule has 0 aromatic heterocycles. The van der Waals surface area contributed by atoms with E-state index in [1.807, 2.05) is 13.8 Å². The molecule has 0 bridgehead atoms. The van der Waals surface area contributed by atoms with E-state index in [1.165, 1.54) is 13.8 Å². The number of carbonyl (C=O) groups excluding carboxylic acids is 2. The van der Waals surface area contributed by atoms with Crippen molar-refractivity contribution >= 4 is 11.8 Å². The minimum Gasteiger partial charge on any atom is -0.431 e. The number of Topliss-reactive ketones (excluding diaryl/α,β-unsaturated/α-hetero) is 1. The van der Waals surface area contributed by atoms with Crippen molar-refractivity contribution in [3.8, 4) is 0 Å². The molecule has 0 amide bonds. The summed E-state index contributed by atoms with van der Waals surface area (Å²) in [6, 6.07) is 0. The third-order valence-corrected chi connectivity index (χ3v) is 1.35. The van der Waals surface area contributed by atoms with E-state index in [-0.39, 0.29) is 5.78 Å². The number of ketones is 1. The Bertz CT molecular complexity index is 214. The second-order valence-electron chi connectivity index (χ2n) is 2.33. The van der Waals surface area contributed by atoms with E-state index in [0.717, 1.165) is 0 Å². The predicted molar refractivity (Wildman–Crippen MR) is 52.2 cm³/mol. The van der Waals surface area contributed by atoms with Crippen molar-refractivity contribution < 1.29 is 14.3 Å². The van der Waals surface area contributed by atoms with Gasteiger partial charge in [0.1, 0.15) is 5.76 Å². The molecule has 0 N–H and O–H groups in total. The average molecular weight is 186 g/mol. The highest BCUT2D eigenvalue weighted by Gasteiger charge is 2.04. The van der Waals surface area contributed by atoms with Crippen LogP contribution >= 0.6 is 0 Å². The smallest absolute Gasteiger partial charge is 0.307 e. The Kier molecular flexibility index (Phi) is 8.34. The maximum absolute atomic E-state index is 10.7. The molecule has 0 aliphatic rings. The number of allylic oxidation sites excluding steroid dienone is 2. The van der Waals surface area contributed by atoms with Crippen LogP contribution in [-0.4, -0.2) is 11.8 Å². The predicted octanol–water partition coefficient (Wildman–Crippen LogP) is 2.46. The van der Waals surface area contributed by atoms with Crippen LogP contribution in [0.25, 0.3) is 0 Å². The van der Waals surface area contributed by atoms with Crippen LogP contribution in [0.15, 0.2) is 11.3 Å². The van der Waals surface area contributed by atoms with Crippen molar-refractivity contribution in [2.75, 3.05) is 0 Å². The number of hydrogen-bond acceptors (Lipinski definition) is 3. The van der Waals surface area contributed by atoms with Gasteiger partial charge in [0.05, 0.1) is 0 Å². The molecule has 0 atom stereocenters. The van der Waals surface area contributed by atoms with Gasteiger partial charge in [-0.15, -0.1) is 0 Å². The van der Waals surface area contributed by atoms with Gasteiger partial charge < -0.3 is 4.74 Å². The van der Waals surface area contributed by atoms with Crippen LogP contribution in [-0.2, 0) is 14.3 Å². The van der Waals surface area contributed by atoms with Crippen molar-refractivity contribution in [3.63, 3.8) is 0 Å². The zero-order chi connectivity index (χ0) is 11.0. The molecule has 76 valence electrons. The molecule has 0 unspecified atom stereocenters. The minimum atomic E-state index is -0.400. The summed E-state index contributed by atoms with van der Waals surface area (Å²) >= 11 is 0. The van der Waals surface area contributed by atoms with Crippen LogP contribution in [0.3, 0.4) is 0 Å². The van der Waals surface area contributed by atoms with Gasteiger partial charge in [-0.1, -0.05) is 13.8 Å². The normalized spacial score (nSPS) is 10.6. The van der Waals surface area contributed by atoms with E-state index < -0.39 is 5.97 Å². The molecule has 0 aliphatic carbocycles. The first-order valence-corrected chi connectivity index (χ1v) is 4.32. The Labute approximate surface area is 79.8 Å². The largest absolute Gasteiger partial charge is 0.431 e. The average Bonchev–Trinajstić information content (AvgIpc) is 2.05. The monoisotopic (exact) mass is 186 g/mol. The molecule has 0 spiro atoms. The van der Waals surface area contributed by atoms with Gasteiger partial charge in [-0.3, -0.25) is 9.59 Å². The van der Waals surface area contributed by atoms with Crippen LogP contribution in [0.5, 0.6) is 0 Å². The second-order valence-corrected chi connectivity index (χ2v) is 2.33. The van der Waals surface area contributed by atoms with Crippen molar-refractivity contribution in [1.82, 2.24) is 0 Å². The summed E-state index contributed by atoms with van der Waals surface area (Å²) in [4.78, 5) is 21.1.